The molecule has 5 aromatic rings. The van der Waals surface area contributed by atoms with Crippen molar-refractivity contribution in [1.82, 2.24) is 4.57 Å². The van der Waals surface area contributed by atoms with Crippen molar-refractivity contribution >= 4 is 90.2 Å². The van der Waals surface area contributed by atoms with Gasteiger partial charge < -0.3 is 5.32 Å². The maximum atomic E-state index is 13.9. The quantitative estimate of drug-likeness (QED) is 0.223. The molecule has 11 heteroatoms. The molecule has 7 rings (SSSR count). The maximum Gasteiger partial charge on any atom is 0.308 e. The number of thiophene rings is 1. The highest BCUT2D eigenvalue weighted by Gasteiger charge is 2.57. The van der Waals surface area contributed by atoms with Crippen LogP contribution in [0.25, 0.3) is 10.8 Å². The number of aromatic nitrogens is 1. The molecule has 2 aliphatic heterocycles. The molecule has 0 bridgehead atoms. The van der Waals surface area contributed by atoms with Crippen molar-refractivity contribution in [2.75, 3.05) is 10.2 Å². The van der Waals surface area contributed by atoms with Crippen molar-refractivity contribution in [3.8, 4) is 0 Å². The monoisotopic (exact) mass is 661 g/mol. The van der Waals surface area contributed by atoms with Crippen LogP contribution in [-0.2, 0) is 20.9 Å². The molecule has 0 saturated carbocycles. The fraction of sp³-hybridized carbons (Fsp3) is 0.133. The second-order valence-corrected chi connectivity index (χ2v) is 13.8. The van der Waals surface area contributed by atoms with E-state index in [1.54, 1.807) is 24.3 Å². The van der Waals surface area contributed by atoms with Crippen molar-refractivity contribution in [3.63, 3.8) is 0 Å². The Morgan fingerprint density at radius 3 is 2.46 bits per heavy atom. The third kappa shape index (κ3) is 4.47. The number of anilines is 2. The van der Waals surface area contributed by atoms with Crippen LogP contribution in [0.3, 0.4) is 0 Å². The number of amides is 3. The zero-order chi connectivity index (χ0) is 28.2. The van der Waals surface area contributed by atoms with Crippen LogP contribution in [-0.4, -0.2) is 27.5 Å². The summed E-state index contributed by atoms with van der Waals surface area (Å²) in [6.07, 6.45) is 0. The molecule has 41 heavy (non-hydrogen) atoms. The van der Waals surface area contributed by atoms with Gasteiger partial charge in [-0.25, -0.2) is 4.90 Å². The SMILES string of the molecule is O=C(Cn1c2c(sc1=O)C(c1cccs1)C1C(=O)N(c3ccc(Br)cc3)C(=O)C1S2)Nc1cccc2ccccc12. The van der Waals surface area contributed by atoms with Gasteiger partial charge in [-0.15, -0.1) is 11.3 Å². The van der Waals surface area contributed by atoms with Crippen molar-refractivity contribution in [3.05, 3.63) is 108 Å². The second-order valence-electron chi connectivity index (χ2n) is 9.74. The Balaban J connectivity index is 1.25. The summed E-state index contributed by atoms with van der Waals surface area (Å²) in [6, 6.07) is 24.3. The van der Waals surface area contributed by atoms with Crippen LogP contribution in [0.4, 0.5) is 11.4 Å². The number of benzene rings is 3. The van der Waals surface area contributed by atoms with Crippen LogP contribution in [0.2, 0.25) is 0 Å². The smallest absolute Gasteiger partial charge is 0.308 e. The summed E-state index contributed by atoms with van der Waals surface area (Å²) in [5.74, 6) is -2.04. The van der Waals surface area contributed by atoms with E-state index in [2.05, 4.69) is 21.2 Å². The van der Waals surface area contributed by atoms with Crippen molar-refractivity contribution in [1.29, 1.82) is 0 Å². The molecule has 2 aliphatic rings. The van der Waals surface area contributed by atoms with Gasteiger partial charge >= 0.3 is 4.87 Å². The predicted octanol–water partition coefficient (Wildman–Crippen LogP) is 6.32. The lowest BCUT2D eigenvalue weighted by Crippen LogP contribution is -2.32. The number of nitrogens with one attached hydrogen (secondary N) is 1. The largest absolute Gasteiger partial charge is 0.324 e. The molecule has 4 heterocycles. The van der Waals surface area contributed by atoms with Crippen molar-refractivity contribution in [2.45, 2.75) is 22.7 Å². The van der Waals surface area contributed by atoms with Gasteiger partial charge in [0.25, 0.3) is 0 Å². The van der Waals surface area contributed by atoms with Crippen molar-refractivity contribution < 1.29 is 14.4 Å². The summed E-state index contributed by atoms with van der Waals surface area (Å²) in [5.41, 5.74) is 1.18. The van der Waals surface area contributed by atoms with Gasteiger partial charge in [0.15, 0.2) is 0 Å². The number of fused-ring (bicyclic) bond motifs is 3. The van der Waals surface area contributed by atoms with E-state index in [1.807, 2.05) is 60.0 Å². The van der Waals surface area contributed by atoms with E-state index in [-0.39, 0.29) is 29.1 Å². The van der Waals surface area contributed by atoms with Crippen LogP contribution >= 0.6 is 50.4 Å². The summed E-state index contributed by atoms with van der Waals surface area (Å²) in [4.78, 5) is 56.9. The van der Waals surface area contributed by atoms with Gasteiger partial charge in [-0.05, 0) is 47.2 Å². The van der Waals surface area contributed by atoms with Gasteiger partial charge in [0.2, 0.25) is 17.7 Å². The highest BCUT2D eigenvalue weighted by Crippen LogP contribution is 2.54. The highest BCUT2D eigenvalue weighted by atomic mass is 79.9. The maximum absolute atomic E-state index is 13.9. The Bertz CT molecular complexity index is 1890. The van der Waals surface area contributed by atoms with Gasteiger partial charge in [0, 0.05) is 31.2 Å². The number of nitrogens with zero attached hydrogens (tertiary/aromatic N) is 2. The lowest BCUT2D eigenvalue weighted by Gasteiger charge is -2.29. The summed E-state index contributed by atoms with van der Waals surface area (Å²) < 4.78 is 2.29. The zero-order valence-electron chi connectivity index (χ0n) is 21.2. The van der Waals surface area contributed by atoms with Crippen LogP contribution in [0.15, 0.2) is 98.5 Å². The van der Waals surface area contributed by atoms with E-state index in [0.717, 1.165) is 36.3 Å². The van der Waals surface area contributed by atoms with Gasteiger partial charge in [-0.2, -0.15) is 0 Å². The lowest BCUT2D eigenvalue weighted by molar-refractivity contribution is -0.122. The molecular formula is C30H20BrN3O4S3. The van der Waals surface area contributed by atoms with Crippen molar-refractivity contribution in [2.24, 2.45) is 5.92 Å². The van der Waals surface area contributed by atoms with Crippen LogP contribution < -0.4 is 15.1 Å². The van der Waals surface area contributed by atoms with E-state index >= 15 is 0 Å². The predicted molar refractivity (Wildman–Crippen MR) is 167 cm³/mol. The first-order chi connectivity index (χ1) is 19.9. The third-order valence-corrected chi connectivity index (χ3v) is 11.4. The molecule has 204 valence electrons. The lowest BCUT2D eigenvalue weighted by atomic mass is 9.87. The molecule has 3 aromatic carbocycles. The number of hydrogen-bond donors (Lipinski definition) is 1. The first-order valence-corrected chi connectivity index (χ1v) is 16.1. The van der Waals surface area contributed by atoms with Gasteiger partial charge in [-0.1, -0.05) is 81.5 Å². The highest BCUT2D eigenvalue weighted by molar-refractivity contribution is 9.10. The van der Waals surface area contributed by atoms with E-state index < -0.39 is 17.1 Å². The number of hydrogen-bond acceptors (Lipinski definition) is 7. The number of carbonyl (C=O) groups is 3. The molecular weight excluding hydrogens is 642 g/mol. The Hall–Kier alpha value is -3.51. The van der Waals surface area contributed by atoms with Gasteiger partial charge in [0.1, 0.15) is 11.8 Å². The zero-order valence-corrected chi connectivity index (χ0v) is 25.2. The van der Waals surface area contributed by atoms with E-state index in [0.29, 0.717) is 16.4 Å². The van der Waals surface area contributed by atoms with Gasteiger partial charge in [-0.3, -0.25) is 23.7 Å². The Labute approximate surface area is 254 Å². The topological polar surface area (TPSA) is 88.5 Å². The third-order valence-electron chi connectivity index (χ3n) is 7.35. The Kier molecular flexibility index (Phi) is 6.69. The molecule has 1 fully saturated rings. The molecule has 3 amide bonds. The van der Waals surface area contributed by atoms with E-state index in [9.17, 15) is 19.2 Å². The molecule has 3 unspecified atom stereocenters. The van der Waals surface area contributed by atoms with Crippen LogP contribution in [0.5, 0.6) is 0 Å². The molecule has 0 spiro atoms. The second kappa shape index (κ2) is 10.4. The fourth-order valence-corrected chi connectivity index (χ4v) is 9.53. The Morgan fingerprint density at radius 1 is 0.902 bits per heavy atom. The minimum absolute atomic E-state index is 0.200. The van der Waals surface area contributed by atoms with Crippen LogP contribution in [0.1, 0.15) is 15.7 Å². The molecule has 1 N–H and O–H groups in total. The first-order valence-electron chi connectivity index (χ1n) is 12.8. The minimum atomic E-state index is -0.716. The molecule has 3 atom stereocenters. The first kappa shape index (κ1) is 26.4. The van der Waals surface area contributed by atoms with E-state index in [1.165, 1.54) is 32.6 Å². The molecule has 1 saturated heterocycles. The Morgan fingerprint density at radius 2 is 1.68 bits per heavy atom. The standard InChI is InChI=1S/C30H20BrN3O4S3/c31-17-10-12-18(13-11-17)34-27(36)24-23(21-9-4-14-39-21)26-29(40-25(24)28(34)37)33(30(38)41-26)15-22(35)32-20-8-3-6-16-5-1-2-7-19(16)20/h1-14,23-25H,15H2,(H,32,35). The molecule has 2 aromatic heterocycles. The summed E-state index contributed by atoms with van der Waals surface area (Å²) in [6.45, 7) is -0.200. The number of thioether (sulfide) groups is 1. The average molecular weight is 663 g/mol. The normalized spacial score (nSPS) is 19.8. The number of thiazole rings is 1. The fourth-order valence-electron chi connectivity index (χ4n) is 5.54. The number of halogens is 1. The summed E-state index contributed by atoms with van der Waals surface area (Å²) in [5, 5.41) is 6.64. The number of rotatable bonds is 5. The minimum Gasteiger partial charge on any atom is -0.324 e. The van der Waals surface area contributed by atoms with E-state index in [4.69, 9.17) is 0 Å². The molecule has 7 nitrogen and oxygen atoms in total. The number of carbonyl (C=O) groups excluding carboxylic acids is 3. The van der Waals surface area contributed by atoms with Gasteiger partial charge in [0.05, 0.1) is 16.6 Å². The summed E-state index contributed by atoms with van der Waals surface area (Å²) in [7, 11) is 0. The van der Waals surface area contributed by atoms with Crippen LogP contribution in [0, 0.1) is 5.92 Å². The summed E-state index contributed by atoms with van der Waals surface area (Å²) >= 11 is 7.17. The average Bonchev–Trinajstić information content (AvgIpc) is 3.67. The molecule has 0 radical (unpaired) electrons. The molecule has 0 aliphatic carbocycles. The number of imide groups is 1.